The number of carbonyl (C=O) groups excluding carboxylic acids is 1. The largest absolute Gasteiger partial charge is 0.493 e. The van der Waals surface area contributed by atoms with Crippen LogP contribution in [0, 0.1) is 0 Å². The van der Waals surface area contributed by atoms with Crippen LogP contribution in [0.15, 0.2) is 18.2 Å². The number of morpholine rings is 1. The Morgan fingerprint density at radius 1 is 1.35 bits per heavy atom. The van der Waals surface area contributed by atoms with Gasteiger partial charge in [-0.05, 0) is 19.1 Å². The van der Waals surface area contributed by atoms with Crippen molar-refractivity contribution in [3.63, 3.8) is 0 Å². The first-order chi connectivity index (χ1) is 9.72. The van der Waals surface area contributed by atoms with Gasteiger partial charge in [0.1, 0.15) is 6.61 Å². The number of ether oxygens (including phenoxy) is 3. The lowest BCUT2D eigenvalue weighted by Crippen LogP contribution is -2.38. The van der Waals surface area contributed by atoms with Crippen molar-refractivity contribution in [1.82, 2.24) is 4.90 Å². The molecule has 1 aromatic carbocycles. The summed E-state index contributed by atoms with van der Waals surface area (Å²) in [6.45, 7) is 6.27. The SMILES string of the molecule is COc1cccc(C(C)=O)c1OCCN1CCOCC1. The van der Waals surface area contributed by atoms with E-state index in [0.717, 1.165) is 32.8 Å². The average molecular weight is 279 g/mol. The lowest BCUT2D eigenvalue weighted by Gasteiger charge is -2.26. The number of para-hydroxylation sites is 1. The van der Waals surface area contributed by atoms with Gasteiger partial charge in [-0.3, -0.25) is 9.69 Å². The third kappa shape index (κ3) is 3.71. The van der Waals surface area contributed by atoms with Crippen molar-refractivity contribution in [1.29, 1.82) is 0 Å². The molecule has 5 nitrogen and oxygen atoms in total. The molecule has 0 unspecified atom stereocenters. The number of hydrogen-bond donors (Lipinski definition) is 0. The summed E-state index contributed by atoms with van der Waals surface area (Å²) < 4.78 is 16.4. The molecule has 0 bridgehead atoms. The average Bonchev–Trinajstić information content (AvgIpc) is 2.48. The highest BCUT2D eigenvalue weighted by Crippen LogP contribution is 2.31. The van der Waals surface area contributed by atoms with Gasteiger partial charge in [0.25, 0.3) is 0 Å². The molecule has 0 amide bonds. The van der Waals surface area contributed by atoms with E-state index in [1.165, 1.54) is 6.92 Å². The summed E-state index contributed by atoms with van der Waals surface area (Å²) in [5.41, 5.74) is 0.561. The Morgan fingerprint density at radius 3 is 2.75 bits per heavy atom. The van der Waals surface area contributed by atoms with Crippen LogP contribution in [0.4, 0.5) is 0 Å². The van der Waals surface area contributed by atoms with Crippen LogP contribution >= 0.6 is 0 Å². The summed E-state index contributed by atoms with van der Waals surface area (Å²) in [6, 6.07) is 5.36. The highest BCUT2D eigenvalue weighted by molar-refractivity contribution is 5.97. The minimum absolute atomic E-state index is 0.0229. The van der Waals surface area contributed by atoms with Gasteiger partial charge in [0.2, 0.25) is 0 Å². The first kappa shape index (κ1) is 14.8. The molecule has 0 atom stereocenters. The highest BCUT2D eigenvalue weighted by atomic mass is 16.5. The van der Waals surface area contributed by atoms with Crippen molar-refractivity contribution in [2.24, 2.45) is 0 Å². The maximum absolute atomic E-state index is 11.6. The molecule has 0 radical (unpaired) electrons. The molecule has 5 heteroatoms. The van der Waals surface area contributed by atoms with Crippen LogP contribution in [0.3, 0.4) is 0 Å². The Hall–Kier alpha value is -1.59. The first-order valence-electron chi connectivity index (χ1n) is 6.83. The lowest BCUT2D eigenvalue weighted by atomic mass is 10.1. The van der Waals surface area contributed by atoms with Crippen LogP contribution in [-0.4, -0.2) is 57.2 Å². The fourth-order valence-electron chi connectivity index (χ4n) is 2.20. The normalized spacial score (nSPS) is 15.9. The van der Waals surface area contributed by atoms with E-state index in [2.05, 4.69) is 4.90 Å². The van der Waals surface area contributed by atoms with E-state index >= 15 is 0 Å². The number of methoxy groups -OCH3 is 1. The van der Waals surface area contributed by atoms with Crippen molar-refractivity contribution in [2.45, 2.75) is 6.92 Å². The molecule has 1 saturated heterocycles. The quantitative estimate of drug-likeness (QED) is 0.740. The number of carbonyl (C=O) groups is 1. The molecule has 1 aromatic rings. The van der Waals surface area contributed by atoms with Gasteiger partial charge in [-0.1, -0.05) is 6.07 Å². The van der Waals surface area contributed by atoms with Crippen LogP contribution in [0.25, 0.3) is 0 Å². The molecule has 2 rings (SSSR count). The van der Waals surface area contributed by atoms with Crippen molar-refractivity contribution in [2.75, 3.05) is 46.6 Å². The van der Waals surface area contributed by atoms with Crippen molar-refractivity contribution in [3.8, 4) is 11.5 Å². The van der Waals surface area contributed by atoms with Crippen molar-refractivity contribution >= 4 is 5.78 Å². The number of Topliss-reactive ketones (excluding diaryl/α,β-unsaturated/α-hetero) is 1. The molecule has 1 fully saturated rings. The zero-order chi connectivity index (χ0) is 14.4. The smallest absolute Gasteiger partial charge is 0.171 e. The standard InChI is InChI=1S/C15H21NO4/c1-12(17)13-4-3-5-14(18-2)15(13)20-11-8-16-6-9-19-10-7-16/h3-5H,6-11H2,1-2H3. The second-order valence-corrected chi connectivity index (χ2v) is 4.70. The first-order valence-corrected chi connectivity index (χ1v) is 6.83. The Kier molecular flexibility index (Phi) is 5.38. The molecule has 1 heterocycles. The minimum Gasteiger partial charge on any atom is -0.493 e. The second kappa shape index (κ2) is 7.26. The zero-order valence-electron chi connectivity index (χ0n) is 12.1. The van der Waals surface area contributed by atoms with Crippen LogP contribution in [0.2, 0.25) is 0 Å². The Labute approximate surface area is 119 Å². The van der Waals surface area contributed by atoms with Gasteiger partial charge < -0.3 is 14.2 Å². The predicted octanol–water partition coefficient (Wildman–Crippen LogP) is 1.61. The fraction of sp³-hybridized carbons (Fsp3) is 0.533. The van der Waals surface area contributed by atoms with Gasteiger partial charge in [0, 0.05) is 19.6 Å². The molecule has 1 aliphatic heterocycles. The van der Waals surface area contributed by atoms with Crippen LogP contribution in [0.1, 0.15) is 17.3 Å². The van der Waals surface area contributed by atoms with Gasteiger partial charge in [-0.15, -0.1) is 0 Å². The molecule has 20 heavy (non-hydrogen) atoms. The molecule has 0 aromatic heterocycles. The molecule has 0 N–H and O–H groups in total. The van der Waals surface area contributed by atoms with Crippen LogP contribution in [0.5, 0.6) is 11.5 Å². The highest BCUT2D eigenvalue weighted by Gasteiger charge is 2.15. The fourth-order valence-corrected chi connectivity index (χ4v) is 2.20. The molecular formula is C15H21NO4. The number of ketones is 1. The molecule has 0 spiro atoms. The van der Waals surface area contributed by atoms with E-state index in [4.69, 9.17) is 14.2 Å². The minimum atomic E-state index is -0.0229. The Bertz CT molecular complexity index is 455. The van der Waals surface area contributed by atoms with E-state index < -0.39 is 0 Å². The summed E-state index contributed by atoms with van der Waals surface area (Å²) in [6.07, 6.45) is 0. The summed E-state index contributed by atoms with van der Waals surface area (Å²) in [5, 5.41) is 0. The Morgan fingerprint density at radius 2 is 2.10 bits per heavy atom. The summed E-state index contributed by atoms with van der Waals surface area (Å²) >= 11 is 0. The monoisotopic (exact) mass is 279 g/mol. The summed E-state index contributed by atoms with van der Waals surface area (Å²) in [5.74, 6) is 1.11. The van der Waals surface area contributed by atoms with E-state index in [-0.39, 0.29) is 5.78 Å². The van der Waals surface area contributed by atoms with Crippen LogP contribution < -0.4 is 9.47 Å². The molecule has 110 valence electrons. The van der Waals surface area contributed by atoms with Crippen molar-refractivity contribution < 1.29 is 19.0 Å². The Balaban J connectivity index is 1.98. The van der Waals surface area contributed by atoms with Gasteiger partial charge in [0.05, 0.1) is 25.9 Å². The summed E-state index contributed by atoms with van der Waals surface area (Å²) in [4.78, 5) is 13.9. The molecule has 1 aliphatic rings. The maximum atomic E-state index is 11.6. The molecular weight excluding hydrogens is 258 g/mol. The van der Waals surface area contributed by atoms with Gasteiger partial charge in [-0.2, -0.15) is 0 Å². The number of nitrogens with zero attached hydrogens (tertiary/aromatic N) is 1. The molecule has 0 saturated carbocycles. The second-order valence-electron chi connectivity index (χ2n) is 4.70. The topological polar surface area (TPSA) is 48.0 Å². The maximum Gasteiger partial charge on any atom is 0.171 e. The number of benzene rings is 1. The molecule has 0 aliphatic carbocycles. The zero-order valence-corrected chi connectivity index (χ0v) is 12.1. The number of hydrogen-bond acceptors (Lipinski definition) is 5. The van der Waals surface area contributed by atoms with Gasteiger partial charge >= 0.3 is 0 Å². The van der Waals surface area contributed by atoms with E-state index in [1.807, 2.05) is 0 Å². The lowest BCUT2D eigenvalue weighted by molar-refractivity contribution is 0.0320. The number of rotatable bonds is 6. The van der Waals surface area contributed by atoms with Gasteiger partial charge in [0.15, 0.2) is 17.3 Å². The summed E-state index contributed by atoms with van der Waals surface area (Å²) in [7, 11) is 1.58. The van der Waals surface area contributed by atoms with E-state index in [0.29, 0.717) is 23.7 Å². The predicted molar refractivity (Wildman–Crippen MR) is 75.8 cm³/mol. The van der Waals surface area contributed by atoms with Crippen molar-refractivity contribution in [3.05, 3.63) is 23.8 Å². The van der Waals surface area contributed by atoms with E-state index in [1.54, 1.807) is 25.3 Å². The van der Waals surface area contributed by atoms with E-state index in [9.17, 15) is 4.79 Å². The third-order valence-electron chi connectivity index (χ3n) is 3.34. The van der Waals surface area contributed by atoms with Crippen LogP contribution in [-0.2, 0) is 4.74 Å². The van der Waals surface area contributed by atoms with Gasteiger partial charge in [-0.25, -0.2) is 0 Å². The third-order valence-corrected chi connectivity index (χ3v) is 3.34.